The number of ether oxygens (including phenoxy) is 1. The molecule has 0 aliphatic carbocycles. The Labute approximate surface area is 232 Å². The Bertz CT molecular complexity index is 1070. The molecule has 4 nitrogen and oxygen atoms in total. The molecule has 214 valence electrons. The van der Waals surface area contributed by atoms with E-state index in [9.17, 15) is 15.3 Å². The standard InChI is InChI=1S/C34H54O4/c1-22-16-24(31(5,6)7)27(25(17-22)32(8,9)10)28-23(30(2,3)4)14-15-26(29(28)33(11,12)13)38-21-34(18-35,19-36)20-37/h14-17,35-37H,18-21H2,1-13H3. The summed E-state index contributed by atoms with van der Waals surface area (Å²) in [6.45, 7) is 28.2. The molecule has 0 amide bonds. The highest BCUT2D eigenvalue weighted by Crippen LogP contribution is 2.51. The lowest BCUT2D eigenvalue weighted by Gasteiger charge is -2.38. The molecule has 0 aliphatic rings. The molecule has 4 heteroatoms. The summed E-state index contributed by atoms with van der Waals surface area (Å²) < 4.78 is 6.43. The van der Waals surface area contributed by atoms with E-state index >= 15 is 0 Å². The van der Waals surface area contributed by atoms with Crippen LogP contribution in [0.15, 0.2) is 24.3 Å². The molecule has 2 aromatic carbocycles. The molecule has 2 aromatic rings. The highest BCUT2D eigenvalue weighted by Gasteiger charge is 2.36. The molecule has 0 atom stereocenters. The number of hydrogen-bond donors (Lipinski definition) is 3. The van der Waals surface area contributed by atoms with E-state index in [4.69, 9.17) is 4.74 Å². The summed E-state index contributed by atoms with van der Waals surface area (Å²) in [5, 5.41) is 29.8. The smallest absolute Gasteiger partial charge is 0.123 e. The van der Waals surface area contributed by atoms with Crippen molar-refractivity contribution in [1.29, 1.82) is 0 Å². The van der Waals surface area contributed by atoms with Gasteiger partial charge in [0.1, 0.15) is 12.4 Å². The second-order valence-electron chi connectivity index (χ2n) is 15.4. The highest BCUT2D eigenvalue weighted by molar-refractivity contribution is 5.83. The topological polar surface area (TPSA) is 69.9 Å². The molecule has 38 heavy (non-hydrogen) atoms. The van der Waals surface area contributed by atoms with Crippen molar-refractivity contribution in [2.45, 2.75) is 112 Å². The summed E-state index contributed by atoms with van der Waals surface area (Å²) in [6, 6.07) is 8.89. The Kier molecular flexibility index (Phi) is 9.31. The van der Waals surface area contributed by atoms with Gasteiger partial charge in [0.2, 0.25) is 0 Å². The van der Waals surface area contributed by atoms with Crippen LogP contribution < -0.4 is 4.74 Å². The summed E-state index contributed by atoms with van der Waals surface area (Å²) in [5.74, 6) is 0.723. The minimum Gasteiger partial charge on any atom is -0.492 e. The van der Waals surface area contributed by atoms with Crippen LogP contribution in [0.2, 0.25) is 0 Å². The fourth-order valence-corrected chi connectivity index (χ4v) is 5.09. The number of aliphatic hydroxyl groups is 3. The molecule has 0 unspecified atom stereocenters. The molecule has 0 heterocycles. The third kappa shape index (κ3) is 6.81. The van der Waals surface area contributed by atoms with Crippen LogP contribution in [0.5, 0.6) is 5.75 Å². The van der Waals surface area contributed by atoms with Gasteiger partial charge in [0, 0.05) is 5.56 Å². The predicted octanol–water partition coefficient (Wildman–Crippen LogP) is 7.19. The quantitative estimate of drug-likeness (QED) is 0.357. The van der Waals surface area contributed by atoms with Crippen molar-refractivity contribution >= 4 is 0 Å². The Morgan fingerprint density at radius 2 is 1.00 bits per heavy atom. The normalized spacial score (nSPS) is 13.7. The van der Waals surface area contributed by atoms with Crippen LogP contribution >= 0.6 is 0 Å². The molecule has 0 saturated carbocycles. The Morgan fingerprint density at radius 3 is 1.34 bits per heavy atom. The second-order valence-corrected chi connectivity index (χ2v) is 15.4. The summed E-state index contributed by atoms with van der Waals surface area (Å²) in [6.07, 6.45) is 0. The largest absolute Gasteiger partial charge is 0.492 e. The van der Waals surface area contributed by atoms with Crippen LogP contribution in [-0.2, 0) is 21.7 Å². The zero-order valence-corrected chi connectivity index (χ0v) is 26.4. The highest BCUT2D eigenvalue weighted by atomic mass is 16.5. The maximum Gasteiger partial charge on any atom is 0.123 e. The molecule has 3 N–H and O–H groups in total. The van der Waals surface area contributed by atoms with E-state index in [0.717, 1.165) is 11.3 Å². The van der Waals surface area contributed by atoms with Crippen LogP contribution in [-0.4, -0.2) is 41.7 Å². The van der Waals surface area contributed by atoms with E-state index in [0.29, 0.717) is 0 Å². The zero-order valence-electron chi connectivity index (χ0n) is 26.4. The molecule has 2 rings (SSSR count). The van der Waals surface area contributed by atoms with Crippen molar-refractivity contribution in [2.75, 3.05) is 26.4 Å². The fourth-order valence-electron chi connectivity index (χ4n) is 5.09. The minimum absolute atomic E-state index is 0.0139. The van der Waals surface area contributed by atoms with Gasteiger partial charge in [-0.1, -0.05) is 107 Å². The SMILES string of the molecule is Cc1cc(C(C)(C)C)c(-c2c(C(C)(C)C)ccc(OCC(CO)(CO)CO)c2C(C)(C)C)c(C(C)(C)C)c1. The van der Waals surface area contributed by atoms with Gasteiger partial charge in [-0.15, -0.1) is 0 Å². The number of rotatable bonds is 7. The maximum atomic E-state index is 9.94. The fraction of sp³-hybridized carbons (Fsp3) is 0.647. The minimum atomic E-state index is -1.12. The lowest BCUT2D eigenvalue weighted by atomic mass is 9.67. The molecule has 0 bridgehead atoms. The van der Waals surface area contributed by atoms with Crippen molar-refractivity contribution in [3.63, 3.8) is 0 Å². The maximum absolute atomic E-state index is 9.94. The second kappa shape index (κ2) is 10.9. The Morgan fingerprint density at radius 1 is 0.579 bits per heavy atom. The lowest BCUT2D eigenvalue weighted by Crippen LogP contribution is -2.40. The number of benzene rings is 2. The molecular formula is C34H54O4. The van der Waals surface area contributed by atoms with Crippen LogP contribution in [0, 0.1) is 12.3 Å². The van der Waals surface area contributed by atoms with Crippen molar-refractivity contribution in [3.8, 4) is 16.9 Å². The number of hydrogen-bond acceptors (Lipinski definition) is 4. The van der Waals surface area contributed by atoms with Crippen molar-refractivity contribution in [1.82, 2.24) is 0 Å². The van der Waals surface area contributed by atoms with Crippen molar-refractivity contribution in [3.05, 3.63) is 52.1 Å². The average molecular weight is 527 g/mol. The van der Waals surface area contributed by atoms with Gasteiger partial charge in [0.25, 0.3) is 0 Å². The van der Waals surface area contributed by atoms with E-state index < -0.39 is 5.41 Å². The van der Waals surface area contributed by atoms with E-state index in [1.807, 2.05) is 6.07 Å². The molecule has 0 spiro atoms. The molecule has 0 aromatic heterocycles. The van der Waals surface area contributed by atoms with Gasteiger partial charge in [-0.05, 0) is 62.5 Å². The molecule has 0 fully saturated rings. The average Bonchev–Trinajstić information content (AvgIpc) is 2.76. The van der Waals surface area contributed by atoms with Gasteiger partial charge in [-0.2, -0.15) is 0 Å². The third-order valence-electron chi connectivity index (χ3n) is 7.41. The number of aliphatic hydroxyl groups excluding tert-OH is 3. The number of aryl methyl sites for hydroxylation is 1. The van der Waals surface area contributed by atoms with Gasteiger partial charge in [0.15, 0.2) is 0 Å². The van der Waals surface area contributed by atoms with Crippen molar-refractivity contribution in [2.24, 2.45) is 5.41 Å². The lowest BCUT2D eigenvalue weighted by molar-refractivity contribution is -0.0261. The third-order valence-corrected chi connectivity index (χ3v) is 7.41. The van der Waals surface area contributed by atoms with Crippen LogP contribution in [0.1, 0.15) is 111 Å². The van der Waals surface area contributed by atoms with Gasteiger partial charge < -0.3 is 20.1 Å². The summed E-state index contributed by atoms with van der Waals surface area (Å²) in [5.41, 5.74) is 7.00. The summed E-state index contributed by atoms with van der Waals surface area (Å²) in [4.78, 5) is 0. The van der Waals surface area contributed by atoms with Crippen LogP contribution in [0.4, 0.5) is 0 Å². The van der Waals surface area contributed by atoms with Crippen LogP contribution in [0.3, 0.4) is 0 Å². The molecule has 0 aliphatic heterocycles. The van der Waals surface area contributed by atoms with Crippen molar-refractivity contribution < 1.29 is 20.1 Å². The first kappa shape index (κ1) is 32.3. The van der Waals surface area contributed by atoms with E-state index in [-0.39, 0.29) is 48.1 Å². The molecule has 0 radical (unpaired) electrons. The van der Waals surface area contributed by atoms with Gasteiger partial charge in [0.05, 0.1) is 25.2 Å². The van der Waals surface area contributed by atoms with E-state index in [1.165, 1.54) is 33.4 Å². The first-order valence-corrected chi connectivity index (χ1v) is 13.9. The monoisotopic (exact) mass is 526 g/mol. The zero-order chi connectivity index (χ0) is 29.5. The predicted molar refractivity (Wildman–Crippen MR) is 161 cm³/mol. The molecular weight excluding hydrogens is 472 g/mol. The Balaban J connectivity index is 3.17. The first-order valence-electron chi connectivity index (χ1n) is 13.9. The molecule has 0 saturated heterocycles. The van der Waals surface area contributed by atoms with Gasteiger partial charge in [-0.3, -0.25) is 0 Å². The van der Waals surface area contributed by atoms with E-state index in [1.54, 1.807) is 0 Å². The van der Waals surface area contributed by atoms with Crippen LogP contribution in [0.25, 0.3) is 11.1 Å². The van der Waals surface area contributed by atoms with Gasteiger partial charge in [-0.25, -0.2) is 0 Å². The van der Waals surface area contributed by atoms with Gasteiger partial charge >= 0.3 is 0 Å². The Hall–Kier alpha value is -1.88. The van der Waals surface area contributed by atoms with E-state index in [2.05, 4.69) is 108 Å². The summed E-state index contributed by atoms with van der Waals surface area (Å²) >= 11 is 0. The summed E-state index contributed by atoms with van der Waals surface area (Å²) in [7, 11) is 0. The first-order chi connectivity index (χ1) is 17.1.